The predicted molar refractivity (Wildman–Crippen MR) is 331 cm³/mol. The zero-order valence-corrected chi connectivity index (χ0v) is 52.0. The number of aromatic nitrogens is 1. The molecule has 3 aromatic rings. The van der Waals surface area contributed by atoms with E-state index in [0.717, 1.165) is 4.90 Å². The largest absolute Gasteiger partial charge is 0.461 e. The molecule has 33 heteroatoms. The number of rotatable bonds is 23. The highest BCUT2D eigenvalue weighted by Crippen LogP contribution is 2.22. The second kappa shape index (κ2) is 35.7. The second-order valence-electron chi connectivity index (χ2n) is 22.4. The van der Waals surface area contributed by atoms with Crippen molar-refractivity contribution in [3.05, 3.63) is 71.9 Å². The quantitative estimate of drug-likeness (QED) is 0.0395. The minimum absolute atomic E-state index is 0.0954. The van der Waals surface area contributed by atoms with Crippen LogP contribution in [-0.2, 0) is 89.5 Å². The molecule has 500 valence electrons. The summed E-state index contributed by atoms with van der Waals surface area (Å²) in [6, 6.07) is -0.915. The Kier molecular flexibility index (Phi) is 28.3. The standard InChI is InChI=1S/C59H82N16O16S/c1-4-30(2)49-57(88)72-38(23-31-11-6-5-7-12-31)51(82)66-28-48(80)67-36(17-19-45(62)77)52(83)70-39(24-32-27-65-35-14-9-8-13-33(32)35)53(84)68-37(20-22-92-3)59(90)91-29-42(73-54(85)40(25-46(63)78)69-50(81)34(60)16-18-44(61)76)58(89)75-21-10-15-43(75)56(87)71-41(26-47(64)79)55(86)74-49/h5-9,11-14,27,30,34,36-43,49,65H,4,10,15-26,28-29,60H2,1-3H3,(H2,61,76)(H2,62,77)(H2,63,78)(H2,64,79)(H,66,82)(H,67,80)(H,68,84)(H,69,81)(H,70,83)(H,71,87)(H,72,88)(H,73,85)(H,74,86). The van der Waals surface area contributed by atoms with Gasteiger partial charge in [-0.2, -0.15) is 11.8 Å². The Morgan fingerprint density at radius 3 is 1.98 bits per heavy atom. The summed E-state index contributed by atoms with van der Waals surface area (Å²) >= 11 is 1.25. The van der Waals surface area contributed by atoms with Crippen LogP contribution in [0.4, 0.5) is 0 Å². The number of carbonyl (C=O) groups is 15. The predicted octanol–water partition coefficient (Wildman–Crippen LogP) is -5.10. The fourth-order valence-corrected chi connectivity index (χ4v) is 10.6. The van der Waals surface area contributed by atoms with E-state index < -0.39 is 194 Å². The van der Waals surface area contributed by atoms with Crippen molar-refractivity contribution in [2.75, 3.05) is 31.7 Å². The number of hydrogen-bond acceptors (Lipinski definition) is 18. The van der Waals surface area contributed by atoms with Crippen molar-refractivity contribution < 1.29 is 76.7 Å². The van der Waals surface area contributed by atoms with Crippen LogP contribution in [0.5, 0.6) is 0 Å². The molecule has 32 nitrogen and oxygen atoms in total. The number of thioether (sulfide) groups is 1. The number of nitrogens with zero attached hydrogens (tertiary/aromatic N) is 1. The van der Waals surface area contributed by atoms with Crippen LogP contribution in [0.3, 0.4) is 0 Å². The lowest BCUT2D eigenvalue weighted by molar-refractivity contribution is -0.152. The van der Waals surface area contributed by atoms with Gasteiger partial charge in [0, 0.05) is 49.3 Å². The first-order valence-electron chi connectivity index (χ1n) is 29.8. The van der Waals surface area contributed by atoms with Gasteiger partial charge in [-0.05, 0) is 67.2 Å². The van der Waals surface area contributed by atoms with Crippen LogP contribution in [0.1, 0.15) is 89.2 Å². The zero-order chi connectivity index (χ0) is 67.8. The number of hydrogen-bond donors (Lipinski definition) is 15. The third-order valence-electron chi connectivity index (χ3n) is 15.4. The van der Waals surface area contributed by atoms with Crippen molar-refractivity contribution in [1.82, 2.24) is 57.7 Å². The maximum atomic E-state index is 15.0. The monoisotopic (exact) mass is 1300 g/mol. The number of primary amides is 4. The summed E-state index contributed by atoms with van der Waals surface area (Å²) in [6.07, 6.45) is -0.280. The Morgan fingerprint density at radius 1 is 0.685 bits per heavy atom. The summed E-state index contributed by atoms with van der Waals surface area (Å²) in [7, 11) is 0. The van der Waals surface area contributed by atoms with E-state index in [4.69, 9.17) is 33.4 Å². The fraction of sp³-hybridized carbons (Fsp3) is 0.508. The number of benzene rings is 2. The number of nitrogens with one attached hydrogen (secondary N) is 10. The molecule has 11 unspecified atom stereocenters. The average Bonchev–Trinajstić information content (AvgIpc) is 1.66. The number of amides is 14. The molecule has 2 aromatic carbocycles. The molecule has 2 saturated heterocycles. The summed E-state index contributed by atoms with van der Waals surface area (Å²) in [5, 5.41) is 23.1. The molecule has 14 amide bonds. The summed E-state index contributed by atoms with van der Waals surface area (Å²) in [5.41, 5.74) is 29.4. The van der Waals surface area contributed by atoms with E-state index in [1.807, 2.05) is 0 Å². The van der Waals surface area contributed by atoms with Crippen LogP contribution < -0.4 is 76.5 Å². The number of fused-ring (bicyclic) bond motifs is 2. The van der Waals surface area contributed by atoms with Crippen LogP contribution >= 0.6 is 11.8 Å². The van der Waals surface area contributed by atoms with Crippen LogP contribution in [0, 0.1) is 5.92 Å². The number of esters is 1. The van der Waals surface area contributed by atoms with Gasteiger partial charge in [-0.3, -0.25) is 67.1 Å². The van der Waals surface area contributed by atoms with Crippen molar-refractivity contribution in [1.29, 1.82) is 0 Å². The Hall–Kier alpha value is -9.66. The molecule has 2 aliphatic rings. The van der Waals surface area contributed by atoms with Gasteiger partial charge in [0.05, 0.1) is 25.4 Å². The van der Waals surface area contributed by atoms with Gasteiger partial charge in [0.2, 0.25) is 82.7 Å². The number of carbonyl (C=O) groups excluding carboxylic acids is 15. The zero-order valence-electron chi connectivity index (χ0n) is 51.2. The summed E-state index contributed by atoms with van der Waals surface area (Å²) in [6.45, 7) is 1.20. The highest BCUT2D eigenvalue weighted by Gasteiger charge is 2.42. The molecule has 0 saturated carbocycles. The summed E-state index contributed by atoms with van der Waals surface area (Å²) < 4.78 is 5.72. The third-order valence-corrected chi connectivity index (χ3v) is 16.0. The normalized spacial score (nSPS) is 23.0. The molecule has 20 N–H and O–H groups in total. The van der Waals surface area contributed by atoms with Gasteiger partial charge in [0.1, 0.15) is 61.0 Å². The highest BCUT2D eigenvalue weighted by molar-refractivity contribution is 7.98. The number of ether oxygens (including phenoxy) is 1. The molecule has 0 radical (unpaired) electrons. The molecule has 11 atom stereocenters. The molecule has 2 fully saturated rings. The number of cyclic esters (lactones) is 1. The van der Waals surface area contributed by atoms with E-state index in [9.17, 15) is 71.9 Å². The van der Waals surface area contributed by atoms with Gasteiger partial charge >= 0.3 is 5.97 Å². The van der Waals surface area contributed by atoms with Crippen molar-refractivity contribution in [2.24, 2.45) is 34.6 Å². The van der Waals surface area contributed by atoms with Gasteiger partial charge in [-0.15, -0.1) is 0 Å². The third kappa shape index (κ3) is 22.4. The SMILES string of the molecule is CCC(C)C1NC(=O)C(CC(N)=O)NC(=O)C2CCCN2C(=O)C(NC(=O)C(CC(N)=O)NC(=O)C(N)CCC(N)=O)COC(=O)C(CCSC)NC(=O)C(Cc2c[nH]c3ccccc23)NC(=O)C(CCC(N)=O)NC(=O)CNC(=O)C(Cc2ccccc2)NC1=O. The molecular formula is C59H82N16O16S. The van der Waals surface area contributed by atoms with Gasteiger partial charge in [-0.25, -0.2) is 4.79 Å². The Labute approximate surface area is 533 Å². The Bertz CT molecular complexity index is 3200. The van der Waals surface area contributed by atoms with Crippen molar-refractivity contribution in [2.45, 2.75) is 151 Å². The number of nitrogens with two attached hydrogens (primary N) is 5. The maximum absolute atomic E-state index is 15.0. The number of aromatic amines is 1. The van der Waals surface area contributed by atoms with Gasteiger partial charge in [0.25, 0.3) is 0 Å². The Morgan fingerprint density at radius 2 is 1.32 bits per heavy atom. The molecule has 1 aromatic heterocycles. The summed E-state index contributed by atoms with van der Waals surface area (Å²) in [5.74, 6) is -16.0. The summed E-state index contributed by atoms with van der Waals surface area (Å²) in [4.78, 5) is 210. The van der Waals surface area contributed by atoms with Crippen LogP contribution in [-0.4, -0.2) is 191 Å². The molecule has 0 bridgehead atoms. The van der Waals surface area contributed by atoms with E-state index in [2.05, 4.69) is 52.8 Å². The molecule has 2 aliphatic heterocycles. The van der Waals surface area contributed by atoms with E-state index in [1.165, 1.54) is 11.8 Å². The maximum Gasteiger partial charge on any atom is 0.328 e. The average molecular weight is 1300 g/mol. The van der Waals surface area contributed by atoms with Crippen molar-refractivity contribution in [3.63, 3.8) is 0 Å². The fourth-order valence-electron chi connectivity index (χ4n) is 10.1. The first-order chi connectivity index (χ1) is 43.7. The molecule has 92 heavy (non-hydrogen) atoms. The molecule has 5 rings (SSSR count). The highest BCUT2D eigenvalue weighted by atomic mass is 32.2. The van der Waals surface area contributed by atoms with Gasteiger partial charge in [0.15, 0.2) is 0 Å². The van der Waals surface area contributed by atoms with Crippen LogP contribution in [0.2, 0.25) is 0 Å². The molecular weight excluding hydrogens is 1220 g/mol. The minimum Gasteiger partial charge on any atom is -0.461 e. The number of H-pyrrole nitrogens is 1. The lowest BCUT2D eigenvalue weighted by Gasteiger charge is -2.31. The van der Waals surface area contributed by atoms with E-state index in [0.29, 0.717) is 22.0 Å². The topological polar surface area (TPSA) is 523 Å². The molecule has 0 aliphatic carbocycles. The number of para-hydroxylation sites is 1. The van der Waals surface area contributed by atoms with Crippen LogP contribution in [0.15, 0.2) is 60.8 Å². The van der Waals surface area contributed by atoms with E-state index >= 15 is 0 Å². The molecule has 3 heterocycles. The second-order valence-corrected chi connectivity index (χ2v) is 23.4. The minimum atomic E-state index is -1.99. The van der Waals surface area contributed by atoms with Crippen molar-refractivity contribution >= 4 is 111 Å². The van der Waals surface area contributed by atoms with Gasteiger partial charge in [-0.1, -0.05) is 68.8 Å². The first kappa shape index (κ1) is 73.1. The van der Waals surface area contributed by atoms with E-state index in [1.54, 1.807) is 80.9 Å². The van der Waals surface area contributed by atoms with Crippen LogP contribution in [0.25, 0.3) is 10.9 Å². The molecule has 0 spiro atoms. The smallest absolute Gasteiger partial charge is 0.328 e. The van der Waals surface area contributed by atoms with Gasteiger partial charge < -0.3 is 91.1 Å². The lowest BCUT2D eigenvalue weighted by Crippen LogP contribution is -2.61. The Balaban J connectivity index is 1.62. The lowest BCUT2D eigenvalue weighted by atomic mass is 9.96. The van der Waals surface area contributed by atoms with Crippen molar-refractivity contribution in [3.8, 4) is 0 Å². The van der Waals surface area contributed by atoms with E-state index in [-0.39, 0.29) is 63.7 Å². The first-order valence-corrected chi connectivity index (χ1v) is 31.2.